The lowest BCUT2D eigenvalue weighted by Gasteiger charge is -2.05. The van der Waals surface area contributed by atoms with Gasteiger partial charge >= 0.3 is 0 Å². The molecule has 0 aliphatic carbocycles. The van der Waals surface area contributed by atoms with E-state index in [-0.39, 0.29) is 0 Å². The molecule has 0 amide bonds. The molecule has 0 unspecified atom stereocenters. The van der Waals surface area contributed by atoms with Gasteiger partial charge in [-0.15, -0.1) is 28.5 Å². The summed E-state index contributed by atoms with van der Waals surface area (Å²) in [7, 11) is 0. The van der Waals surface area contributed by atoms with Crippen LogP contribution in [0.3, 0.4) is 0 Å². The van der Waals surface area contributed by atoms with Crippen LogP contribution in [0.2, 0.25) is 0 Å². The van der Waals surface area contributed by atoms with Crippen molar-refractivity contribution in [2.24, 2.45) is 0 Å². The van der Waals surface area contributed by atoms with Crippen LogP contribution >= 0.6 is 23.4 Å². The number of fused-ring (bicyclic) bond motifs is 1. The molecule has 1 heterocycles. The summed E-state index contributed by atoms with van der Waals surface area (Å²) in [4.78, 5) is 0. The van der Waals surface area contributed by atoms with Crippen LogP contribution in [-0.2, 0) is 0 Å². The molecule has 1 aromatic heterocycles. The van der Waals surface area contributed by atoms with E-state index in [0.717, 1.165) is 16.5 Å². The molecule has 1 aromatic carbocycles. The number of halogens is 1. The second-order valence-electron chi connectivity index (χ2n) is 3.17. The molecule has 0 radical (unpaired) electrons. The number of rotatable bonds is 3. The maximum absolute atomic E-state index is 5.66. The van der Waals surface area contributed by atoms with E-state index in [2.05, 4.69) is 22.3 Å². The van der Waals surface area contributed by atoms with E-state index in [9.17, 15) is 0 Å². The van der Waals surface area contributed by atoms with Gasteiger partial charge in [0.15, 0.2) is 0 Å². The quantitative estimate of drug-likeness (QED) is 0.606. The first-order valence-electron chi connectivity index (χ1n) is 4.73. The molecule has 0 atom stereocenters. The maximum Gasteiger partial charge on any atom is 0.127 e. The summed E-state index contributed by atoms with van der Waals surface area (Å²) in [5.74, 6) is 1.50. The van der Waals surface area contributed by atoms with Gasteiger partial charge in [-0.1, -0.05) is 24.3 Å². The zero-order valence-electron chi connectivity index (χ0n) is 8.40. The number of hydrogen-bond acceptors (Lipinski definition) is 3. The Balaban J connectivity index is 2.51. The average Bonchev–Trinajstić information content (AvgIpc) is 2.29. The Bertz CT molecular complexity index is 473. The highest BCUT2D eigenvalue weighted by Gasteiger charge is 2.05. The Morgan fingerprint density at radius 3 is 2.67 bits per heavy atom. The zero-order valence-corrected chi connectivity index (χ0v) is 9.98. The van der Waals surface area contributed by atoms with E-state index in [0.29, 0.717) is 5.88 Å². The highest BCUT2D eigenvalue weighted by Crippen LogP contribution is 2.26. The first-order valence-corrected chi connectivity index (χ1v) is 6.25. The lowest BCUT2D eigenvalue weighted by Crippen LogP contribution is -1.93. The molecule has 0 fully saturated rings. The minimum atomic E-state index is 0.633. The number of thioether (sulfide) groups is 1. The Kier molecular flexibility index (Phi) is 3.44. The second-order valence-corrected chi connectivity index (χ2v) is 4.64. The Morgan fingerprint density at radius 1 is 1.20 bits per heavy atom. The molecule has 0 spiro atoms. The third-order valence-corrected chi connectivity index (χ3v) is 3.55. The van der Waals surface area contributed by atoms with Crippen molar-refractivity contribution >= 4 is 34.1 Å². The lowest BCUT2D eigenvalue weighted by molar-refractivity contribution is 0.924. The van der Waals surface area contributed by atoms with Crippen LogP contribution in [0.25, 0.3) is 10.8 Å². The van der Waals surface area contributed by atoms with Gasteiger partial charge in [0.1, 0.15) is 5.03 Å². The normalized spacial score (nSPS) is 10.8. The molecule has 2 nitrogen and oxygen atoms in total. The largest absolute Gasteiger partial charge is 0.154 e. The molecule has 2 aromatic rings. The summed E-state index contributed by atoms with van der Waals surface area (Å²) in [5.41, 5.74) is 0.973. The minimum Gasteiger partial charge on any atom is -0.154 e. The van der Waals surface area contributed by atoms with Crippen molar-refractivity contribution in [2.45, 2.75) is 11.9 Å². The first kappa shape index (κ1) is 10.7. The number of alkyl halides is 1. The highest BCUT2D eigenvalue weighted by molar-refractivity contribution is 7.99. The first-order chi connectivity index (χ1) is 7.33. The average molecular weight is 239 g/mol. The number of nitrogens with zero attached hydrogens (tertiary/aromatic N) is 2. The Labute approximate surface area is 98.0 Å². The van der Waals surface area contributed by atoms with E-state index >= 15 is 0 Å². The third-order valence-electron chi connectivity index (χ3n) is 2.15. The third kappa shape index (κ3) is 2.24. The number of aryl methyl sites for hydroxylation is 1. The summed E-state index contributed by atoms with van der Waals surface area (Å²) < 4.78 is 0. The fourth-order valence-corrected chi connectivity index (χ4v) is 2.39. The fraction of sp³-hybridized carbons (Fsp3) is 0.273. The van der Waals surface area contributed by atoms with Crippen LogP contribution in [-0.4, -0.2) is 21.8 Å². The summed E-state index contributed by atoms with van der Waals surface area (Å²) in [5, 5.41) is 11.7. The molecule has 0 saturated carbocycles. The zero-order chi connectivity index (χ0) is 10.7. The van der Waals surface area contributed by atoms with E-state index in [4.69, 9.17) is 11.6 Å². The number of benzene rings is 1. The maximum atomic E-state index is 5.66. The number of aromatic nitrogens is 2. The van der Waals surface area contributed by atoms with Crippen molar-refractivity contribution in [2.75, 3.05) is 11.6 Å². The molecule has 0 aliphatic rings. The minimum absolute atomic E-state index is 0.633. The van der Waals surface area contributed by atoms with Gasteiger partial charge in [-0.25, -0.2) is 0 Å². The lowest BCUT2D eigenvalue weighted by atomic mass is 10.1. The molecule has 15 heavy (non-hydrogen) atoms. The van der Waals surface area contributed by atoms with Crippen LogP contribution in [0.15, 0.2) is 29.3 Å². The van der Waals surface area contributed by atoms with Gasteiger partial charge < -0.3 is 0 Å². The molecular weight excluding hydrogens is 228 g/mol. The van der Waals surface area contributed by atoms with Crippen molar-refractivity contribution in [3.8, 4) is 0 Å². The van der Waals surface area contributed by atoms with Gasteiger partial charge in [-0.2, -0.15) is 5.10 Å². The van der Waals surface area contributed by atoms with Gasteiger partial charge in [0, 0.05) is 22.4 Å². The van der Waals surface area contributed by atoms with Crippen LogP contribution < -0.4 is 0 Å². The topological polar surface area (TPSA) is 25.8 Å². The fourth-order valence-electron chi connectivity index (χ4n) is 1.46. The molecule has 0 bridgehead atoms. The Morgan fingerprint density at radius 2 is 1.93 bits per heavy atom. The van der Waals surface area contributed by atoms with Gasteiger partial charge in [-0.3, -0.25) is 0 Å². The van der Waals surface area contributed by atoms with Gasteiger partial charge in [0.2, 0.25) is 0 Å². The summed E-state index contributed by atoms with van der Waals surface area (Å²) in [6, 6.07) is 8.19. The summed E-state index contributed by atoms with van der Waals surface area (Å²) >= 11 is 7.32. The van der Waals surface area contributed by atoms with E-state index in [1.807, 2.05) is 19.1 Å². The van der Waals surface area contributed by atoms with Crippen molar-refractivity contribution < 1.29 is 0 Å². The number of hydrogen-bond donors (Lipinski definition) is 0. The van der Waals surface area contributed by atoms with Crippen LogP contribution in [0.4, 0.5) is 0 Å². The van der Waals surface area contributed by atoms with Gasteiger partial charge in [0.25, 0.3) is 0 Å². The van der Waals surface area contributed by atoms with Crippen LogP contribution in [0, 0.1) is 6.92 Å². The van der Waals surface area contributed by atoms with Crippen molar-refractivity contribution in [3.63, 3.8) is 0 Å². The Hall–Kier alpha value is -0.800. The molecule has 78 valence electrons. The monoisotopic (exact) mass is 238 g/mol. The van der Waals surface area contributed by atoms with Crippen molar-refractivity contribution in [1.29, 1.82) is 0 Å². The van der Waals surface area contributed by atoms with Crippen LogP contribution in [0.1, 0.15) is 5.69 Å². The van der Waals surface area contributed by atoms with Crippen molar-refractivity contribution in [1.82, 2.24) is 10.2 Å². The summed E-state index contributed by atoms with van der Waals surface area (Å²) in [6.45, 7) is 1.98. The second kappa shape index (κ2) is 4.81. The standard InChI is InChI=1S/C11H11ClN2S/c1-8-9-4-2-3-5-10(9)11(14-13-8)15-7-6-12/h2-5H,6-7H2,1H3. The molecular formula is C11H11ClN2S. The summed E-state index contributed by atoms with van der Waals surface area (Å²) in [6.07, 6.45) is 0. The van der Waals surface area contributed by atoms with Gasteiger partial charge in [0.05, 0.1) is 5.69 Å². The predicted molar refractivity (Wildman–Crippen MR) is 65.7 cm³/mol. The molecule has 0 N–H and O–H groups in total. The van der Waals surface area contributed by atoms with E-state index in [1.165, 1.54) is 10.8 Å². The van der Waals surface area contributed by atoms with Crippen molar-refractivity contribution in [3.05, 3.63) is 30.0 Å². The molecule has 0 saturated heterocycles. The van der Waals surface area contributed by atoms with Gasteiger partial charge in [-0.05, 0) is 6.92 Å². The highest BCUT2D eigenvalue weighted by atomic mass is 35.5. The smallest absolute Gasteiger partial charge is 0.127 e. The molecule has 4 heteroatoms. The molecule has 0 aliphatic heterocycles. The van der Waals surface area contributed by atoms with Crippen LogP contribution in [0.5, 0.6) is 0 Å². The predicted octanol–water partition coefficient (Wildman–Crippen LogP) is 3.27. The SMILES string of the molecule is Cc1nnc(SCCCl)c2ccccc12. The van der Waals surface area contributed by atoms with E-state index in [1.54, 1.807) is 11.8 Å². The van der Waals surface area contributed by atoms with E-state index < -0.39 is 0 Å². The molecule has 2 rings (SSSR count).